The van der Waals surface area contributed by atoms with Crippen molar-refractivity contribution in [2.24, 2.45) is 0 Å². The Morgan fingerprint density at radius 3 is 2.85 bits per heavy atom. The van der Waals surface area contributed by atoms with E-state index < -0.39 is 0 Å². The Morgan fingerprint density at radius 2 is 2.00 bits per heavy atom. The van der Waals surface area contributed by atoms with Crippen LogP contribution in [-0.4, -0.2) is 15.7 Å². The molecule has 0 amide bonds. The van der Waals surface area contributed by atoms with Crippen LogP contribution in [0.25, 0.3) is 17.1 Å². The molecule has 3 nitrogen and oxygen atoms in total. The fourth-order valence-corrected chi connectivity index (χ4v) is 2.64. The van der Waals surface area contributed by atoms with Crippen LogP contribution >= 0.6 is 11.8 Å². The second kappa shape index (κ2) is 5.84. The average molecular weight is 281 g/mol. The van der Waals surface area contributed by atoms with Gasteiger partial charge >= 0.3 is 0 Å². The van der Waals surface area contributed by atoms with Gasteiger partial charge < -0.3 is 10.7 Å². The van der Waals surface area contributed by atoms with Crippen molar-refractivity contribution in [3.05, 3.63) is 60.2 Å². The second-order valence-corrected chi connectivity index (χ2v) is 5.45. The molecule has 0 unspecified atom stereocenters. The summed E-state index contributed by atoms with van der Waals surface area (Å²) in [5.41, 5.74) is 9.66. The molecule has 20 heavy (non-hydrogen) atoms. The van der Waals surface area contributed by atoms with Crippen LogP contribution in [-0.2, 0) is 0 Å². The van der Waals surface area contributed by atoms with Crippen LogP contribution in [0.15, 0.2) is 59.8 Å². The van der Waals surface area contributed by atoms with E-state index in [0.717, 1.165) is 27.6 Å². The van der Waals surface area contributed by atoms with Crippen molar-refractivity contribution < 1.29 is 0 Å². The monoisotopic (exact) mass is 281 g/mol. The molecule has 3 N–H and O–H groups in total. The number of benzene rings is 2. The van der Waals surface area contributed by atoms with Crippen molar-refractivity contribution in [3.8, 4) is 0 Å². The molecule has 3 rings (SSSR count). The molecule has 0 spiro atoms. The summed E-state index contributed by atoms with van der Waals surface area (Å²) in [4.78, 5) is 7.79. The quantitative estimate of drug-likeness (QED) is 0.562. The molecule has 3 aromatic rings. The molecule has 4 heteroatoms. The number of anilines is 1. The van der Waals surface area contributed by atoms with Crippen LogP contribution in [0.4, 0.5) is 5.69 Å². The highest BCUT2D eigenvalue weighted by Crippen LogP contribution is 2.21. The molecule has 1 heterocycles. The summed E-state index contributed by atoms with van der Waals surface area (Å²) >= 11 is 1.68. The first-order valence-corrected chi connectivity index (χ1v) is 7.39. The van der Waals surface area contributed by atoms with Crippen LogP contribution in [0.3, 0.4) is 0 Å². The summed E-state index contributed by atoms with van der Waals surface area (Å²) in [6.07, 6.45) is 4.26. The molecule has 2 aromatic carbocycles. The Morgan fingerprint density at radius 1 is 1.15 bits per heavy atom. The summed E-state index contributed by atoms with van der Waals surface area (Å²) < 4.78 is 0. The van der Waals surface area contributed by atoms with Crippen molar-refractivity contribution in [1.82, 2.24) is 9.97 Å². The van der Waals surface area contributed by atoms with Gasteiger partial charge in [0.05, 0.1) is 11.0 Å². The van der Waals surface area contributed by atoms with Gasteiger partial charge in [-0.15, -0.1) is 0 Å². The molecule has 0 aliphatic rings. The largest absolute Gasteiger partial charge is 0.399 e. The zero-order valence-corrected chi connectivity index (χ0v) is 11.7. The molecular weight excluding hydrogens is 266 g/mol. The first kappa shape index (κ1) is 12.8. The number of nitrogens with two attached hydrogens (primary N) is 1. The van der Waals surface area contributed by atoms with Crippen molar-refractivity contribution in [1.29, 1.82) is 0 Å². The molecule has 0 saturated heterocycles. The Hall–Kier alpha value is -2.20. The zero-order chi connectivity index (χ0) is 13.8. The lowest BCUT2D eigenvalue weighted by molar-refractivity contribution is 1.08. The molecule has 0 saturated carbocycles. The van der Waals surface area contributed by atoms with Gasteiger partial charge in [0, 0.05) is 11.4 Å². The third-order valence-electron chi connectivity index (χ3n) is 2.91. The normalized spacial score (nSPS) is 11.4. The van der Waals surface area contributed by atoms with Gasteiger partial charge in [-0.05, 0) is 23.8 Å². The highest BCUT2D eigenvalue weighted by Gasteiger charge is 2.02. The molecular formula is C16H15N3S. The fraction of sp³-hybridized carbons (Fsp3) is 0.0625. The first-order valence-electron chi connectivity index (χ1n) is 6.41. The number of nitrogens with zero attached hydrogens (tertiary/aromatic N) is 1. The summed E-state index contributed by atoms with van der Waals surface area (Å²) in [6.45, 7) is 0. The summed E-state index contributed by atoms with van der Waals surface area (Å²) in [5, 5.41) is 0.920. The van der Waals surface area contributed by atoms with E-state index in [9.17, 15) is 0 Å². The smallest absolute Gasteiger partial charge is 0.166 e. The lowest BCUT2D eigenvalue weighted by Gasteiger charge is -1.92. The van der Waals surface area contributed by atoms with Crippen molar-refractivity contribution in [3.63, 3.8) is 0 Å². The number of nitrogens with one attached hydrogen (secondary N) is 1. The topological polar surface area (TPSA) is 54.7 Å². The van der Waals surface area contributed by atoms with Gasteiger partial charge in [0.1, 0.15) is 0 Å². The van der Waals surface area contributed by atoms with Crippen molar-refractivity contribution in [2.45, 2.75) is 5.16 Å². The molecule has 0 radical (unpaired) electrons. The number of aromatic nitrogens is 2. The van der Waals surface area contributed by atoms with E-state index in [1.54, 1.807) is 11.8 Å². The predicted molar refractivity (Wildman–Crippen MR) is 86.7 cm³/mol. The molecule has 0 aliphatic carbocycles. The molecule has 1 aromatic heterocycles. The number of fused-ring (bicyclic) bond motifs is 1. The van der Waals surface area contributed by atoms with Crippen LogP contribution in [0.2, 0.25) is 0 Å². The molecule has 100 valence electrons. The number of nitrogen functional groups attached to an aromatic ring is 1. The standard InChI is InChI=1S/C16H15N3S/c17-13-8-9-14-15(11-13)19-16(18-14)20-10-4-7-12-5-2-1-3-6-12/h1-9,11H,10,17H2,(H,18,19)/b7-4+. The van der Waals surface area contributed by atoms with Crippen LogP contribution < -0.4 is 5.73 Å². The zero-order valence-electron chi connectivity index (χ0n) is 10.9. The van der Waals surface area contributed by atoms with E-state index in [1.807, 2.05) is 36.4 Å². The van der Waals surface area contributed by atoms with Gasteiger partial charge in [0.25, 0.3) is 0 Å². The summed E-state index contributed by atoms with van der Waals surface area (Å²) in [5.74, 6) is 0.879. The Labute approximate surface area is 121 Å². The summed E-state index contributed by atoms with van der Waals surface area (Å²) in [7, 11) is 0. The van der Waals surface area contributed by atoms with Crippen LogP contribution in [0, 0.1) is 0 Å². The lowest BCUT2D eigenvalue weighted by atomic mass is 10.2. The molecule has 0 atom stereocenters. The van der Waals surface area contributed by atoms with E-state index in [1.165, 1.54) is 5.56 Å². The van der Waals surface area contributed by atoms with Crippen LogP contribution in [0.1, 0.15) is 5.56 Å². The molecule has 0 aliphatic heterocycles. The third kappa shape index (κ3) is 3.03. The van der Waals surface area contributed by atoms with Gasteiger partial charge in [-0.25, -0.2) is 4.98 Å². The minimum absolute atomic E-state index is 0.752. The van der Waals surface area contributed by atoms with Crippen molar-refractivity contribution in [2.75, 3.05) is 11.5 Å². The SMILES string of the molecule is Nc1ccc2nc(SC/C=C/c3ccccc3)[nH]c2c1. The number of aromatic amines is 1. The number of H-pyrrole nitrogens is 1. The van der Waals surface area contributed by atoms with Gasteiger partial charge in [-0.1, -0.05) is 54.2 Å². The predicted octanol–water partition coefficient (Wildman–Crippen LogP) is 3.95. The average Bonchev–Trinajstić information content (AvgIpc) is 2.86. The number of imidazole rings is 1. The highest BCUT2D eigenvalue weighted by atomic mass is 32.2. The maximum Gasteiger partial charge on any atom is 0.166 e. The Bertz CT molecular complexity index is 732. The number of hydrogen-bond donors (Lipinski definition) is 2. The number of rotatable bonds is 4. The van der Waals surface area contributed by atoms with Crippen LogP contribution in [0.5, 0.6) is 0 Å². The van der Waals surface area contributed by atoms with Gasteiger partial charge in [0.2, 0.25) is 0 Å². The van der Waals surface area contributed by atoms with E-state index >= 15 is 0 Å². The highest BCUT2D eigenvalue weighted by molar-refractivity contribution is 7.99. The number of thioether (sulfide) groups is 1. The van der Waals surface area contributed by atoms with Crippen molar-refractivity contribution >= 4 is 34.6 Å². The lowest BCUT2D eigenvalue weighted by Crippen LogP contribution is -1.82. The maximum atomic E-state index is 5.75. The van der Waals surface area contributed by atoms with Gasteiger partial charge in [0.15, 0.2) is 5.16 Å². The Balaban J connectivity index is 1.64. The fourth-order valence-electron chi connectivity index (χ4n) is 1.95. The molecule has 0 fully saturated rings. The van der Waals surface area contributed by atoms with E-state index in [-0.39, 0.29) is 0 Å². The third-order valence-corrected chi connectivity index (χ3v) is 3.74. The maximum absolute atomic E-state index is 5.75. The summed E-state index contributed by atoms with van der Waals surface area (Å²) in [6, 6.07) is 16.0. The van der Waals surface area contributed by atoms with E-state index in [4.69, 9.17) is 5.73 Å². The van der Waals surface area contributed by atoms with E-state index in [0.29, 0.717) is 0 Å². The van der Waals surface area contributed by atoms with Gasteiger partial charge in [-0.2, -0.15) is 0 Å². The Kier molecular flexibility index (Phi) is 3.74. The minimum atomic E-state index is 0.752. The van der Waals surface area contributed by atoms with Gasteiger partial charge in [-0.3, -0.25) is 0 Å². The second-order valence-electron chi connectivity index (χ2n) is 4.44. The number of hydrogen-bond acceptors (Lipinski definition) is 3. The minimum Gasteiger partial charge on any atom is -0.399 e. The molecule has 0 bridgehead atoms. The van der Waals surface area contributed by atoms with E-state index in [2.05, 4.69) is 34.3 Å². The first-order chi connectivity index (χ1) is 9.81.